The van der Waals surface area contributed by atoms with Crippen LogP contribution in [0.15, 0.2) is 24.3 Å². The number of imidazole rings is 1. The number of hydrogen-bond acceptors (Lipinski definition) is 4. The molecule has 4 rings (SSSR count). The second-order valence-electron chi connectivity index (χ2n) is 7.55. The molecular weight excluding hydrogens is 370 g/mol. The monoisotopic (exact) mass is 395 g/mol. The topological polar surface area (TPSA) is 96.3 Å². The van der Waals surface area contributed by atoms with E-state index in [2.05, 4.69) is 15.6 Å². The highest BCUT2D eigenvalue weighted by molar-refractivity contribution is 6.05. The number of nitrogens with one attached hydrogen (secondary N) is 2. The number of nitrogens with zero attached hydrogens (tertiary/aromatic N) is 3. The van der Waals surface area contributed by atoms with Crippen LogP contribution in [0.25, 0.3) is 0 Å². The standard InChI is InChI=1S/C21H25N5O3/c1-14(27)22-15-7-9-16(10-8-15)23-20(28)18-17-6-2-3-13-26(17)19(24-18)21(29)25-11-4-5-12-25/h7-10H,2-6,11-13H2,1H3,(H,22,27)(H,23,28). The van der Waals surface area contributed by atoms with Gasteiger partial charge in [-0.2, -0.15) is 0 Å². The molecule has 0 spiro atoms. The fraction of sp³-hybridized carbons (Fsp3) is 0.429. The van der Waals surface area contributed by atoms with Gasteiger partial charge in [0, 0.05) is 37.9 Å². The Labute approximate surface area is 169 Å². The van der Waals surface area contributed by atoms with Crippen LogP contribution in [-0.2, 0) is 17.8 Å². The highest BCUT2D eigenvalue weighted by Crippen LogP contribution is 2.24. The van der Waals surface area contributed by atoms with Crippen LogP contribution in [0.2, 0.25) is 0 Å². The number of carbonyl (C=O) groups is 3. The minimum absolute atomic E-state index is 0.0793. The average molecular weight is 395 g/mol. The molecule has 8 heteroatoms. The van der Waals surface area contributed by atoms with Gasteiger partial charge in [-0.1, -0.05) is 0 Å². The van der Waals surface area contributed by atoms with Crippen molar-refractivity contribution >= 4 is 29.1 Å². The van der Waals surface area contributed by atoms with Crippen molar-refractivity contribution in [3.05, 3.63) is 41.5 Å². The molecule has 2 N–H and O–H groups in total. The Morgan fingerprint density at radius 2 is 1.52 bits per heavy atom. The number of hydrogen-bond donors (Lipinski definition) is 2. The third-order valence-electron chi connectivity index (χ3n) is 5.38. The Hall–Kier alpha value is -3.16. The minimum atomic E-state index is -0.316. The molecule has 3 heterocycles. The van der Waals surface area contributed by atoms with Gasteiger partial charge in [0.15, 0.2) is 11.5 Å². The van der Waals surface area contributed by atoms with Crippen molar-refractivity contribution in [2.75, 3.05) is 23.7 Å². The van der Waals surface area contributed by atoms with Crippen LogP contribution in [0, 0.1) is 0 Å². The molecule has 0 unspecified atom stereocenters. The van der Waals surface area contributed by atoms with Crippen LogP contribution in [0.1, 0.15) is 59.4 Å². The van der Waals surface area contributed by atoms with E-state index in [4.69, 9.17) is 0 Å². The summed E-state index contributed by atoms with van der Waals surface area (Å²) in [6.45, 7) is 3.67. The van der Waals surface area contributed by atoms with Gasteiger partial charge in [0.25, 0.3) is 11.8 Å². The molecule has 2 aromatic rings. The first-order valence-corrected chi connectivity index (χ1v) is 10.1. The molecule has 0 aliphatic carbocycles. The van der Waals surface area contributed by atoms with Crippen LogP contribution in [0.4, 0.5) is 11.4 Å². The summed E-state index contributed by atoms with van der Waals surface area (Å²) < 4.78 is 1.93. The maximum Gasteiger partial charge on any atom is 0.289 e. The van der Waals surface area contributed by atoms with E-state index in [-0.39, 0.29) is 17.7 Å². The Kier molecular flexibility index (Phi) is 5.33. The van der Waals surface area contributed by atoms with Gasteiger partial charge in [0.2, 0.25) is 5.91 Å². The van der Waals surface area contributed by atoms with E-state index >= 15 is 0 Å². The van der Waals surface area contributed by atoms with Crippen LogP contribution < -0.4 is 10.6 Å². The minimum Gasteiger partial charge on any atom is -0.336 e. The zero-order valence-electron chi connectivity index (χ0n) is 16.5. The Morgan fingerprint density at radius 1 is 0.897 bits per heavy atom. The van der Waals surface area contributed by atoms with Crippen LogP contribution in [-0.4, -0.2) is 45.3 Å². The Morgan fingerprint density at radius 3 is 2.17 bits per heavy atom. The lowest BCUT2D eigenvalue weighted by molar-refractivity contribution is -0.114. The zero-order valence-corrected chi connectivity index (χ0v) is 16.5. The molecule has 2 aliphatic rings. The van der Waals surface area contributed by atoms with Crippen molar-refractivity contribution in [3.63, 3.8) is 0 Å². The summed E-state index contributed by atoms with van der Waals surface area (Å²) in [5, 5.41) is 5.55. The normalized spacial score (nSPS) is 15.7. The predicted molar refractivity (Wildman–Crippen MR) is 109 cm³/mol. The van der Waals surface area contributed by atoms with Gasteiger partial charge in [-0.25, -0.2) is 4.98 Å². The summed E-state index contributed by atoms with van der Waals surface area (Å²) in [7, 11) is 0. The van der Waals surface area contributed by atoms with Gasteiger partial charge >= 0.3 is 0 Å². The summed E-state index contributed by atoms with van der Waals surface area (Å²) in [6.07, 6.45) is 4.73. The molecule has 0 atom stereocenters. The van der Waals surface area contributed by atoms with Crippen molar-refractivity contribution < 1.29 is 14.4 Å². The first-order chi connectivity index (χ1) is 14.0. The summed E-state index contributed by atoms with van der Waals surface area (Å²) in [5.41, 5.74) is 2.44. The van der Waals surface area contributed by atoms with E-state index in [1.54, 1.807) is 24.3 Å². The highest BCUT2D eigenvalue weighted by Gasteiger charge is 2.30. The second-order valence-corrected chi connectivity index (χ2v) is 7.55. The van der Waals surface area contributed by atoms with E-state index in [1.165, 1.54) is 6.92 Å². The summed E-state index contributed by atoms with van der Waals surface area (Å²) >= 11 is 0. The fourth-order valence-corrected chi connectivity index (χ4v) is 3.98. The maximum atomic E-state index is 12.9. The van der Waals surface area contributed by atoms with Crippen molar-refractivity contribution in [2.45, 2.75) is 45.6 Å². The molecule has 29 heavy (non-hydrogen) atoms. The Bertz CT molecular complexity index is 942. The smallest absolute Gasteiger partial charge is 0.289 e. The van der Waals surface area contributed by atoms with E-state index in [0.29, 0.717) is 22.9 Å². The van der Waals surface area contributed by atoms with E-state index in [9.17, 15) is 14.4 Å². The third kappa shape index (κ3) is 4.01. The van der Waals surface area contributed by atoms with Crippen LogP contribution in [0.3, 0.4) is 0 Å². The molecule has 2 aliphatic heterocycles. The molecule has 1 aromatic carbocycles. The number of amides is 3. The fourth-order valence-electron chi connectivity index (χ4n) is 3.98. The van der Waals surface area contributed by atoms with Crippen molar-refractivity contribution in [3.8, 4) is 0 Å². The van der Waals surface area contributed by atoms with Crippen molar-refractivity contribution in [1.82, 2.24) is 14.5 Å². The Balaban J connectivity index is 1.56. The molecule has 1 saturated heterocycles. The number of benzene rings is 1. The predicted octanol–water partition coefficient (Wildman–Crippen LogP) is 2.67. The zero-order chi connectivity index (χ0) is 20.4. The number of rotatable bonds is 4. The molecule has 0 radical (unpaired) electrons. The lowest BCUT2D eigenvalue weighted by Crippen LogP contribution is -2.31. The van der Waals surface area contributed by atoms with E-state index in [1.807, 2.05) is 9.47 Å². The summed E-state index contributed by atoms with van der Waals surface area (Å²) in [6, 6.07) is 6.90. The number of likely N-dealkylation sites (tertiary alicyclic amines) is 1. The molecule has 1 fully saturated rings. The lowest BCUT2D eigenvalue weighted by atomic mass is 10.1. The summed E-state index contributed by atoms with van der Waals surface area (Å²) in [5.74, 6) is -0.165. The molecular formula is C21H25N5O3. The first kappa shape index (κ1) is 19.2. The van der Waals surface area contributed by atoms with Gasteiger partial charge in [-0.3, -0.25) is 14.4 Å². The van der Waals surface area contributed by atoms with Crippen LogP contribution >= 0.6 is 0 Å². The van der Waals surface area contributed by atoms with Gasteiger partial charge in [-0.05, 0) is 56.4 Å². The largest absolute Gasteiger partial charge is 0.336 e. The third-order valence-corrected chi connectivity index (χ3v) is 5.38. The first-order valence-electron chi connectivity index (χ1n) is 10.1. The number of anilines is 2. The highest BCUT2D eigenvalue weighted by atomic mass is 16.2. The molecule has 0 saturated carbocycles. The molecule has 0 bridgehead atoms. The van der Waals surface area contributed by atoms with E-state index < -0.39 is 0 Å². The lowest BCUT2D eigenvalue weighted by Gasteiger charge is -2.19. The maximum absolute atomic E-state index is 12.9. The van der Waals surface area contributed by atoms with Gasteiger partial charge in [-0.15, -0.1) is 0 Å². The number of carbonyl (C=O) groups excluding carboxylic acids is 3. The van der Waals surface area contributed by atoms with Crippen molar-refractivity contribution in [1.29, 1.82) is 0 Å². The van der Waals surface area contributed by atoms with Gasteiger partial charge in [0.05, 0.1) is 5.69 Å². The van der Waals surface area contributed by atoms with Crippen LogP contribution in [0.5, 0.6) is 0 Å². The molecule has 152 valence electrons. The average Bonchev–Trinajstić information content (AvgIpc) is 3.37. The number of fused-ring (bicyclic) bond motifs is 1. The summed E-state index contributed by atoms with van der Waals surface area (Å²) in [4.78, 5) is 43.3. The van der Waals surface area contributed by atoms with Gasteiger partial charge < -0.3 is 20.1 Å². The number of aromatic nitrogens is 2. The van der Waals surface area contributed by atoms with E-state index in [0.717, 1.165) is 57.4 Å². The quantitative estimate of drug-likeness (QED) is 0.832. The molecule has 1 aromatic heterocycles. The molecule has 8 nitrogen and oxygen atoms in total. The molecule has 3 amide bonds. The van der Waals surface area contributed by atoms with Crippen molar-refractivity contribution in [2.24, 2.45) is 0 Å². The second kappa shape index (κ2) is 8.06. The van der Waals surface area contributed by atoms with Gasteiger partial charge in [0.1, 0.15) is 0 Å². The SMILES string of the molecule is CC(=O)Nc1ccc(NC(=O)c2nc(C(=O)N3CCCC3)n3c2CCCC3)cc1.